The van der Waals surface area contributed by atoms with E-state index < -0.39 is 9.84 Å². The van der Waals surface area contributed by atoms with Crippen LogP contribution in [0.15, 0.2) is 18.2 Å². The van der Waals surface area contributed by atoms with Gasteiger partial charge in [-0.05, 0) is 30.9 Å². The van der Waals surface area contributed by atoms with Gasteiger partial charge in [0.1, 0.15) is 5.75 Å². The average molecular weight is 281 g/mol. The lowest BCUT2D eigenvalue weighted by atomic mass is 10.1. The molecule has 1 unspecified atom stereocenters. The Morgan fingerprint density at radius 1 is 1.37 bits per heavy atom. The second kappa shape index (κ2) is 5.04. The van der Waals surface area contributed by atoms with Crippen molar-refractivity contribution in [1.82, 2.24) is 0 Å². The third-order valence-electron chi connectivity index (χ3n) is 3.83. The van der Waals surface area contributed by atoms with Crippen molar-refractivity contribution in [3.63, 3.8) is 0 Å². The Morgan fingerprint density at radius 2 is 2.26 bits per heavy atom. The normalized spacial score (nSPS) is 24.5. The van der Waals surface area contributed by atoms with Gasteiger partial charge in [-0.25, -0.2) is 8.42 Å². The molecule has 0 aliphatic carbocycles. The van der Waals surface area contributed by atoms with Crippen LogP contribution in [0.4, 0.5) is 5.69 Å². The third-order valence-corrected chi connectivity index (χ3v) is 5.72. The van der Waals surface area contributed by atoms with Crippen molar-refractivity contribution in [3.05, 3.63) is 23.8 Å². The van der Waals surface area contributed by atoms with Gasteiger partial charge in [-0.2, -0.15) is 0 Å². The molecule has 1 saturated heterocycles. The highest BCUT2D eigenvalue weighted by Crippen LogP contribution is 2.27. The van der Waals surface area contributed by atoms with Crippen LogP contribution in [0.25, 0.3) is 0 Å². The highest BCUT2D eigenvalue weighted by Gasteiger charge is 2.25. The zero-order chi connectivity index (χ0) is 13.3. The minimum Gasteiger partial charge on any atom is -0.493 e. The third kappa shape index (κ3) is 3.03. The summed E-state index contributed by atoms with van der Waals surface area (Å²) in [6, 6.07) is 6.07. The molecule has 0 spiro atoms. The number of sulfone groups is 1. The Morgan fingerprint density at radius 3 is 3.11 bits per heavy atom. The Balaban J connectivity index is 1.60. The number of hydrogen-bond donors (Lipinski definition) is 1. The van der Waals surface area contributed by atoms with Gasteiger partial charge >= 0.3 is 0 Å². The summed E-state index contributed by atoms with van der Waals surface area (Å²) in [5.41, 5.74) is 2.47. The molecule has 1 fully saturated rings. The van der Waals surface area contributed by atoms with Crippen LogP contribution >= 0.6 is 0 Å². The van der Waals surface area contributed by atoms with E-state index in [4.69, 9.17) is 4.74 Å². The first-order chi connectivity index (χ1) is 9.12. The van der Waals surface area contributed by atoms with Crippen molar-refractivity contribution in [3.8, 4) is 5.75 Å². The molecule has 0 saturated carbocycles. The van der Waals surface area contributed by atoms with Crippen LogP contribution in [0.2, 0.25) is 0 Å². The quantitative estimate of drug-likeness (QED) is 0.919. The van der Waals surface area contributed by atoms with Gasteiger partial charge in [0.25, 0.3) is 0 Å². The van der Waals surface area contributed by atoms with Crippen molar-refractivity contribution >= 4 is 15.5 Å². The lowest BCUT2D eigenvalue weighted by Gasteiger charge is -2.22. The maximum absolute atomic E-state index is 11.6. The number of hydrogen-bond acceptors (Lipinski definition) is 4. The lowest BCUT2D eigenvalue weighted by Crippen LogP contribution is -2.29. The molecule has 1 aromatic rings. The molecule has 0 aromatic heterocycles. The molecular formula is C14H19NO3S. The molecule has 1 aromatic carbocycles. The van der Waals surface area contributed by atoms with E-state index in [1.807, 2.05) is 12.1 Å². The maximum Gasteiger partial charge on any atom is 0.150 e. The predicted molar refractivity (Wildman–Crippen MR) is 75.5 cm³/mol. The van der Waals surface area contributed by atoms with Crippen molar-refractivity contribution in [2.24, 2.45) is 5.92 Å². The summed E-state index contributed by atoms with van der Waals surface area (Å²) in [6.07, 6.45) is 2.78. The van der Waals surface area contributed by atoms with Crippen LogP contribution in [-0.2, 0) is 16.3 Å². The fourth-order valence-corrected chi connectivity index (χ4v) is 4.58. The Labute approximate surface area is 114 Å². The Bertz CT molecular complexity index is 568. The summed E-state index contributed by atoms with van der Waals surface area (Å²) in [7, 11) is -2.84. The first-order valence-corrected chi connectivity index (χ1v) is 8.64. The fraction of sp³-hybridized carbons (Fsp3) is 0.571. The summed E-state index contributed by atoms with van der Waals surface area (Å²) < 4.78 is 28.9. The molecule has 1 atom stereocenters. The number of nitrogens with one attached hydrogen (secondary N) is 1. The minimum absolute atomic E-state index is 0.139. The molecule has 1 N–H and O–H groups in total. The van der Waals surface area contributed by atoms with Crippen molar-refractivity contribution in [2.75, 3.05) is 30.0 Å². The molecule has 4 nitrogen and oxygen atoms in total. The van der Waals surface area contributed by atoms with Gasteiger partial charge in [-0.15, -0.1) is 0 Å². The number of benzene rings is 1. The van der Waals surface area contributed by atoms with Gasteiger partial charge in [0, 0.05) is 24.2 Å². The maximum atomic E-state index is 11.6. The SMILES string of the molecule is O=S1(=O)CCCC(COc2ccc3c(c2)NCC3)C1. The van der Waals surface area contributed by atoms with Crippen molar-refractivity contribution in [2.45, 2.75) is 19.3 Å². The van der Waals surface area contributed by atoms with Crippen LogP contribution in [0.1, 0.15) is 18.4 Å². The number of ether oxygens (including phenoxy) is 1. The summed E-state index contributed by atoms with van der Waals surface area (Å²) >= 11 is 0. The van der Waals surface area contributed by atoms with E-state index in [0.717, 1.165) is 37.2 Å². The largest absolute Gasteiger partial charge is 0.493 e. The molecule has 0 bridgehead atoms. The van der Waals surface area contributed by atoms with Gasteiger partial charge in [0.15, 0.2) is 9.84 Å². The Kier molecular flexibility index (Phi) is 3.39. The van der Waals surface area contributed by atoms with E-state index in [2.05, 4.69) is 11.4 Å². The standard InChI is InChI=1S/C14H19NO3S/c16-19(17)7-1-2-11(10-19)9-18-13-4-3-12-5-6-15-14(12)8-13/h3-4,8,11,15H,1-2,5-7,9-10H2. The van der Waals surface area contributed by atoms with Crippen LogP contribution in [0.5, 0.6) is 5.75 Å². The van der Waals surface area contributed by atoms with Gasteiger partial charge in [0.05, 0.1) is 18.1 Å². The van der Waals surface area contributed by atoms with Gasteiger partial charge in [-0.3, -0.25) is 0 Å². The van der Waals surface area contributed by atoms with E-state index >= 15 is 0 Å². The lowest BCUT2D eigenvalue weighted by molar-refractivity contribution is 0.249. The minimum atomic E-state index is -2.84. The smallest absolute Gasteiger partial charge is 0.150 e. The van der Waals surface area contributed by atoms with Crippen LogP contribution in [0.3, 0.4) is 0 Å². The highest BCUT2D eigenvalue weighted by atomic mass is 32.2. The molecule has 19 heavy (non-hydrogen) atoms. The molecule has 104 valence electrons. The van der Waals surface area contributed by atoms with Gasteiger partial charge < -0.3 is 10.1 Å². The molecule has 2 aliphatic heterocycles. The first kappa shape index (κ1) is 12.8. The molecule has 2 aliphatic rings. The average Bonchev–Trinajstić information content (AvgIpc) is 2.82. The molecule has 2 heterocycles. The second-order valence-corrected chi connectivity index (χ2v) is 7.66. The van der Waals surface area contributed by atoms with E-state index in [0.29, 0.717) is 12.4 Å². The van der Waals surface area contributed by atoms with E-state index in [1.165, 1.54) is 5.56 Å². The van der Waals surface area contributed by atoms with Gasteiger partial charge in [0.2, 0.25) is 0 Å². The number of fused-ring (bicyclic) bond motifs is 1. The summed E-state index contributed by atoms with van der Waals surface area (Å²) in [6.45, 7) is 1.48. The van der Waals surface area contributed by atoms with Crippen molar-refractivity contribution < 1.29 is 13.2 Å². The van der Waals surface area contributed by atoms with Gasteiger partial charge in [-0.1, -0.05) is 6.07 Å². The summed E-state index contributed by atoms with van der Waals surface area (Å²) in [5, 5.41) is 3.32. The topological polar surface area (TPSA) is 55.4 Å². The fourth-order valence-electron chi connectivity index (χ4n) is 2.82. The van der Waals surface area contributed by atoms with Crippen LogP contribution in [-0.4, -0.2) is 33.1 Å². The van der Waals surface area contributed by atoms with Crippen molar-refractivity contribution in [1.29, 1.82) is 0 Å². The zero-order valence-corrected chi connectivity index (χ0v) is 11.7. The zero-order valence-electron chi connectivity index (χ0n) is 10.9. The number of rotatable bonds is 3. The molecule has 0 amide bonds. The van der Waals surface area contributed by atoms with Crippen LogP contribution < -0.4 is 10.1 Å². The van der Waals surface area contributed by atoms with E-state index in [9.17, 15) is 8.42 Å². The second-order valence-electron chi connectivity index (χ2n) is 5.43. The highest BCUT2D eigenvalue weighted by molar-refractivity contribution is 7.91. The molecule has 0 radical (unpaired) electrons. The first-order valence-electron chi connectivity index (χ1n) is 6.82. The van der Waals surface area contributed by atoms with E-state index in [-0.39, 0.29) is 11.7 Å². The predicted octanol–water partition coefficient (Wildman–Crippen LogP) is 1.86. The van der Waals surface area contributed by atoms with E-state index in [1.54, 1.807) is 0 Å². The van der Waals surface area contributed by atoms with Crippen LogP contribution in [0, 0.1) is 5.92 Å². The molecule has 3 rings (SSSR count). The monoisotopic (exact) mass is 281 g/mol. The summed E-state index contributed by atoms with van der Waals surface area (Å²) in [4.78, 5) is 0. The number of anilines is 1. The molecular weight excluding hydrogens is 262 g/mol. The summed E-state index contributed by atoms with van der Waals surface area (Å²) in [5.74, 6) is 1.58. The molecule has 5 heteroatoms. The Hall–Kier alpha value is -1.23.